The normalized spacial score (nSPS) is 12.2. The van der Waals surface area contributed by atoms with Crippen LogP contribution >= 0.6 is 11.6 Å². The number of carbonyl (C=O) groups excluding carboxylic acids is 1. The summed E-state index contributed by atoms with van der Waals surface area (Å²) in [5, 5.41) is -0.711. The minimum Gasteiger partial charge on any atom is -0.406 e. The number of rotatable bonds is 6. The molecule has 10 heteroatoms. The Morgan fingerprint density at radius 3 is 2.35 bits per heavy atom. The lowest BCUT2D eigenvalue weighted by Gasteiger charge is -2.11. The number of hydrogen-bond acceptors (Lipinski definition) is 4. The van der Waals surface area contributed by atoms with Gasteiger partial charge in [0.05, 0.1) is 4.90 Å². The molecule has 1 N–H and O–H groups in total. The highest BCUT2D eigenvalue weighted by Gasteiger charge is 2.31. The van der Waals surface area contributed by atoms with E-state index in [1.807, 2.05) is 0 Å². The van der Waals surface area contributed by atoms with Crippen LogP contribution in [-0.2, 0) is 14.8 Å². The highest BCUT2D eigenvalue weighted by molar-refractivity contribution is 7.92. The average molecular weight is 406 g/mol. The lowest BCUT2D eigenvalue weighted by atomic mass is 10.2. The number of halogens is 4. The van der Waals surface area contributed by atoms with Gasteiger partial charge in [0.15, 0.2) is 0 Å². The van der Waals surface area contributed by atoms with Crippen LogP contribution in [0.3, 0.4) is 0 Å². The Morgan fingerprint density at radius 1 is 1.12 bits per heavy atom. The van der Waals surface area contributed by atoms with Crippen LogP contribution < -0.4 is 9.46 Å². The number of nitrogens with one attached hydrogen (secondary N) is 1. The zero-order valence-electron chi connectivity index (χ0n) is 12.8. The van der Waals surface area contributed by atoms with Crippen molar-refractivity contribution in [3.05, 3.63) is 60.2 Å². The highest BCUT2D eigenvalue weighted by Crippen LogP contribution is 2.25. The lowest BCUT2D eigenvalue weighted by molar-refractivity contribution is -0.274. The van der Waals surface area contributed by atoms with Crippen molar-refractivity contribution in [2.45, 2.75) is 11.3 Å². The minimum absolute atomic E-state index is 0.0522. The van der Waals surface area contributed by atoms with Gasteiger partial charge in [-0.15, -0.1) is 13.2 Å². The van der Waals surface area contributed by atoms with E-state index >= 15 is 0 Å². The van der Waals surface area contributed by atoms with Crippen LogP contribution in [0.2, 0.25) is 0 Å². The zero-order chi connectivity index (χ0) is 19.4. The van der Waals surface area contributed by atoms with Gasteiger partial charge >= 0.3 is 6.36 Å². The summed E-state index contributed by atoms with van der Waals surface area (Å²) in [6.07, 6.45) is -2.42. The molecular formula is C16H11ClF3NO4S. The standard InChI is InChI=1S/C16H11ClF3NO4S/c17-15(22)9-4-11-2-1-3-14(10-11)26(23,24)21-12-5-7-13(8-6-12)25-16(18,19)20/h1-10,21H/b9-4+. The van der Waals surface area contributed by atoms with Crippen molar-refractivity contribution < 1.29 is 31.1 Å². The number of hydrogen-bond donors (Lipinski definition) is 1. The van der Waals surface area contributed by atoms with Gasteiger partial charge in [0.2, 0.25) is 5.24 Å². The molecule has 0 saturated carbocycles. The largest absolute Gasteiger partial charge is 0.573 e. The second-order valence-electron chi connectivity index (χ2n) is 4.89. The Morgan fingerprint density at radius 2 is 1.77 bits per heavy atom. The van der Waals surface area contributed by atoms with E-state index in [9.17, 15) is 26.4 Å². The quantitative estimate of drug-likeness (QED) is 0.578. The highest BCUT2D eigenvalue weighted by atomic mass is 35.5. The molecule has 26 heavy (non-hydrogen) atoms. The summed E-state index contributed by atoms with van der Waals surface area (Å²) in [6, 6.07) is 9.89. The first-order chi connectivity index (χ1) is 12.0. The molecule has 5 nitrogen and oxygen atoms in total. The summed E-state index contributed by atoms with van der Waals surface area (Å²) < 4.78 is 67.0. The van der Waals surface area contributed by atoms with E-state index in [0.29, 0.717) is 5.56 Å². The van der Waals surface area contributed by atoms with E-state index in [1.165, 1.54) is 24.3 Å². The first-order valence-corrected chi connectivity index (χ1v) is 8.77. The van der Waals surface area contributed by atoms with Crippen molar-refractivity contribution in [3.63, 3.8) is 0 Å². The first kappa shape index (κ1) is 19.8. The van der Waals surface area contributed by atoms with Crippen LogP contribution in [0, 0.1) is 0 Å². The summed E-state index contributed by atoms with van der Waals surface area (Å²) in [4.78, 5) is 10.6. The topological polar surface area (TPSA) is 72.5 Å². The van der Waals surface area contributed by atoms with Crippen LogP contribution in [-0.4, -0.2) is 20.0 Å². The number of carbonyl (C=O) groups is 1. The molecule has 0 aliphatic carbocycles. The van der Waals surface area contributed by atoms with Gasteiger partial charge in [0.1, 0.15) is 5.75 Å². The van der Waals surface area contributed by atoms with Crippen LogP contribution in [0.5, 0.6) is 5.75 Å². The third-order valence-corrected chi connectivity index (χ3v) is 4.42. The van der Waals surface area contributed by atoms with Crippen molar-refractivity contribution in [1.82, 2.24) is 0 Å². The number of alkyl halides is 3. The molecule has 0 fully saturated rings. The molecule has 0 bridgehead atoms. The Balaban J connectivity index is 2.18. The average Bonchev–Trinajstić information content (AvgIpc) is 2.53. The van der Waals surface area contributed by atoms with Crippen LogP contribution in [0.15, 0.2) is 59.5 Å². The molecule has 0 aliphatic heterocycles. The molecule has 0 atom stereocenters. The molecule has 0 amide bonds. The smallest absolute Gasteiger partial charge is 0.406 e. The van der Waals surface area contributed by atoms with Gasteiger partial charge in [-0.25, -0.2) is 8.42 Å². The van der Waals surface area contributed by atoms with E-state index in [0.717, 1.165) is 30.3 Å². The van der Waals surface area contributed by atoms with Gasteiger partial charge < -0.3 is 4.74 Å². The molecule has 2 aromatic carbocycles. The van der Waals surface area contributed by atoms with Crippen molar-refractivity contribution in [1.29, 1.82) is 0 Å². The second kappa shape index (κ2) is 7.79. The molecule has 0 aromatic heterocycles. The van der Waals surface area contributed by atoms with E-state index in [4.69, 9.17) is 11.6 Å². The summed E-state index contributed by atoms with van der Waals surface area (Å²) in [5.41, 5.74) is 0.479. The maximum Gasteiger partial charge on any atom is 0.573 e. The fourth-order valence-electron chi connectivity index (χ4n) is 1.89. The Labute approximate surface area is 152 Å². The fraction of sp³-hybridized carbons (Fsp3) is 0.0625. The number of allylic oxidation sites excluding steroid dienone is 1. The zero-order valence-corrected chi connectivity index (χ0v) is 14.4. The molecule has 0 unspecified atom stereocenters. The molecule has 0 spiro atoms. The maximum absolute atomic E-state index is 12.4. The Kier molecular flexibility index (Phi) is 5.94. The minimum atomic E-state index is -4.83. The van der Waals surface area contributed by atoms with E-state index in [2.05, 4.69) is 9.46 Å². The first-order valence-electron chi connectivity index (χ1n) is 6.91. The predicted octanol–water partition coefficient (Wildman–Crippen LogP) is 4.16. The lowest BCUT2D eigenvalue weighted by Crippen LogP contribution is -2.17. The third-order valence-electron chi connectivity index (χ3n) is 2.92. The van der Waals surface area contributed by atoms with Gasteiger partial charge in [-0.05, 0) is 59.6 Å². The summed E-state index contributed by atoms with van der Waals surface area (Å²) in [5.74, 6) is -0.474. The number of sulfonamides is 1. The SMILES string of the molecule is O=C(Cl)/C=C/c1cccc(S(=O)(=O)Nc2ccc(OC(F)(F)F)cc2)c1. The molecule has 0 radical (unpaired) electrons. The summed E-state index contributed by atoms with van der Waals surface area (Å²) in [6.45, 7) is 0. The third kappa shape index (κ3) is 6.08. The molecule has 0 heterocycles. The molecule has 0 aliphatic rings. The molecular weight excluding hydrogens is 395 g/mol. The van der Waals surface area contributed by atoms with E-state index in [-0.39, 0.29) is 10.6 Å². The predicted molar refractivity (Wildman–Crippen MR) is 90.3 cm³/mol. The number of ether oxygens (including phenoxy) is 1. The number of benzene rings is 2. The van der Waals surface area contributed by atoms with Crippen molar-refractivity contribution in [2.24, 2.45) is 0 Å². The van der Waals surface area contributed by atoms with Gasteiger partial charge in [-0.2, -0.15) is 0 Å². The fourth-order valence-corrected chi connectivity index (χ4v) is 3.06. The van der Waals surface area contributed by atoms with Gasteiger partial charge in [-0.3, -0.25) is 9.52 Å². The Bertz CT molecular complexity index is 925. The van der Waals surface area contributed by atoms with Crippen molar-refractivity contribution in [2.75, 3.05) is 4.72 Å². The molecule has 2 rings (SSSR count). The van der Waals surface area contributed by atoms with Gasteiger partial charge in [0, 0.05) is 5.69 Å². The van der Waals surface area contributed by atoms with Crippen LogP contribution in [0.4, 0.5) is 18.9 Å². The van der Waals surface area contributed by atoms with Crippen molar-refractivity contribution in [3.8, 4) is 5.75 Å². The van der Waals surface area contributed by atoms with Gasteiger partial charge in [0.25, 0.3) is 10.0 Å². The summed E-state index contributed by atoms with van der Waals surface area (Å²) in [7, 11) is -3.99. The monoisotopic (exact) mass is 405 g/mol. The summed E-state index contributed by atoms with van der Waals surface area (Å²) >= 11 is 5.18. The number of anilines is 1. The molecule has 2 aromatic rings. The second-order valence-corrected chi connectivity index (χ2v) is 6.94. The molecule has 0 saturated heterocycles. The van der Waals surface area contributed by atoms with Crippen molar-refractivity contribution >= 4 is 38.6 Å². The van der Waals surface area contributed by atoms with Crippen LogP contribution in [0.1, 0.15) is 5.56 Å². The maximum atomic E-state index is 12.4. The van der Waals surface area contributed by atoms with E-state index in [1.54, 1.807) is 6.07 Å². The Hall–Kier alpha value is -2.52. The molecule has 138 valence electrons. The van der Waals surface area contributed by atoms with E-state index < -0.39 is 27.4 Å². The van der Waals surface area contributed by atoms with Gasteiger partial charge in [-0.1, -0.05) is 18.2 Å². The van der Waals surface area contributed by atoms with Crippen LogP contribution in [0.25, 0.3) is 6.08 Å².